The standard InChI is InChI=1S/C22H31N10O18P3/c1-30-7-32(16-11(30)18(36)29-21(24)27-16)22(37)5-45-9(14(22)44-2)4-47-52(40,41)50-53(42,43)49-51(38,39)46-3-8-12(33)13(34)19(48-8)31-6-25-10-15(31)26-20(23)28-17(10)35/h6-9,12-14,19,33-34,37H,3-5H2,1-2H3,(H8-,23,24,26,27,28,29,35,36,38,39,40,41,42,43)/p-2/t8-,9-,12?,13+,14?,19-,22?/m1/s1. The predicted molar refractivity (Wildman–Crippen MR) is 162 cm³/mol. The fourth-order valence-corrected chi connectivity index (χ4v) is 9.15. The number of methoxy groups -OCH3 is 1. The van der Waals surface area contributed by atoms with E-state index >= 15 is 0 Å². The maximum absolute atomic E-state index is 12.4. The molecule has 6 rings (SSSR count). The van der Waals surface area contributed by atoms with E-state index in [1.807, 2.05) is 0 Å². The fourth-order valence-electron chi connectivity index (χ4n) is 5.77. The molecule has 0 bridgehead atoms. The van der Waals surface area contributed by atoms with Crippen molar-refractivity contribution in [1.29, 1.82) is 0 Å². The van der Waals surface area contributed by atoms with Crippen LogP contribution in [0, 0.1) is 0 Å². The Morgan fingerprint density at radius 3 is 2.25 bits per heavy atom. The Morgan fingerprint density at radius 2 is 1.60 bits per heavy atom. The molecule has 2 fully saturated rings. The van der Waals surface area contributed by atoms with Gasteiger partial charge in [0, 0.05) is 7.11 Å². The molecule has 0 saturated carbocycles. The van der Waals surface area contributed by atoms with E-state index in [2.05, 4.69) is 42.6 Å². The molecule has 9 N–H and O–H groups in total. The molecule has 0 spiro atoms. The van der Waals surface area contributed by atoms with E-state index in [9.17, 15) is 53.3 Å². The van der Waals surface area contributed by atoms with Gasteiger partial charge in [0.1, 0.15) is 37.1 Å². The van der Waals surface area contributed by atoms with Crippen molar-refractivity contribution in [2.45, 2.75) is 42.5 Å². The predicted octanol–water partition coefficient (Wildman–Crippen LogP) is -6.00. The Bertz CT molecular complexity index is 2310. The monoisotopic (exact) mass is 814 g/mol. The van der Waals surface area contributed by atoms with E-state index in [0.29, 0.717) is 0 Å². The lowest BCUT2D eigenvalue weighted by molar-refractivity contribution is -0.793. The van der Waals surface area contributed by atoms with Crippen molar-refractivity contribution < 1.29 is 80.1 Å². The number of ether oxygens (including phenoxy) is 3. The molecule has 31 heteroatoms. The lowest BCUT2D eigenvalue weighted by Gasteiger charge is -2.35. The number of aromatic nitrogens is 8. The number of imidazole rings is 2. The Kier molecular flexibility index (Phi) is 10.3. The highest BCUT2D eigenvalue weighted by atomic mass is 31.3. The number of anilines is 2. The number of fused-ring (bicyclic) bond motifs is 2. The molecule has 53 heavy (non-hydrogen) atoms. The van der Waals surface area contributed by atoms with Crippen LogP contribution in [-0.4, -0.2) is 107 Å². The van der Waals surface area contributed by atoms with Gasteiger partial charge < -0.3 is 64.7 Å². The van der Waals surface area contributed by atoms with Gasteiger partial charge in [-0.3, -0.25) is 42.4 Å². The summed E-state index contributed by atoms with van der Waals surface area (Å²) in [4.78, 5) is 77.8. The lowest BCUT2D eigenvalue weighted by atomic mass is 10.1. The molecular weight excluding hydrogens is 785 g/mol. The summed E-state index contributed by atoms with van der Waals surface area (Å²) in [6, 6.07) is 0. The minimum atomic E-state index is -6.35. The highest BCUT2D eigenvalue weighted by Gasteiger charge is 2.55. The van der Waals surface area contributed by atoms with Gasteiger partial charge in [-0.2, -0.15) is 9.55 Å². The average molecular weight is 814 g/mol. The van der Waals surface area contributed by atoms with E-state index < -0.39 is 96.9 Å². The smallest absolute Gasteiger partial charge is 0.314 e. The average Bonchev–Trinajstić information content (AvgIpc) is 3.77. The van der Waals surface area contributed by atoms with E-state index in [0.717, 1.165) is 22.6 Å². The van der Waals surface area contributed by atoms with Crippen LogP contribution in [0.5, 0.6) is 0 Å². The second-order valence-electron chi connectivity index (χ2n) is 11.5. The van der Waals surface area contributed by atoms with Crippen molar-refractivity contribution >= 4 is 57.7 Å². The van der Waals surface area contributed by atoms with E-state index in [4.69, 9.17) is 25.7 Å². The first kappa shape index (κ1) is 39.2. The Balaban J connectivity index is 1.06. The largest absolute Gasteiger partial charge is 0.756 e. The first-order valence-electron chi connectivity index (χ1n) is 14.7. The summed E-state index contributed by atoms with van der Waals surface area (Å²) in [6.07, 6.45) is -7.50. The molecule has 6 unspecified atom stereocenters. The minimum absolute atomic E-state index is 0.00945. The number of phosphoric acid groups is 3. The third kappa shape index (κ3) is 7.59. The van der Waals surface area contributed by atoms with Crippen LogP contribution >= 0.6 is 23.5 Å². The molecule has 4 aromatic rings. The highest BCUT2D eigenvalue weighted by Crippen LogP contribution is 2.63. The van der Waals surface area contributed by atoms with Crippen LogP contribution in [0.2, 0.25) is 0 Å². The van der Waals surface area contributed by atoms with Crippen molar-refractivity contribution in [1.82, 2.24) is 34.1 Å². The lowest BCUT2D eigenvalue weighted by Crippen LogP contribution is -2.64. The summed E-state index contributed by atoms with van der Waals surface area (Å²) in [6.45, 7) is -2.84. The number of hydrogen-bond donors (Lipinski definition) is 7. The Hall–Kier alpha value is -3.53. The summed E-state index contributed by atoms with van der Waals surface area (Å²) >= 11 is 0. The maximum Gasteiger partial charge on any atom is 0.314 e. The third-order valence-electron chi connectivity index (χ3n) is 7.99. The topological polar surface area (TPSA) is 416 Å². The SMILES string of the molecule is COC1[C@@H](COP(=O)([O-])OP(=O)([O-])OP(=O)([O-])OC[C@H]2O[C@@H](n3cnc4c(=O)[nH]c(N)nc43)[C@@H](O)C2O)OCC1(O)[n+]1cn(C)c2c(=O)[nH]c(N)nc21. The van der Waals surface area contributed by atoms with Gasteiger partial charge >= 0.3 is 5.65 Å². The molecule has 292 valence electrons. The quantitative estimate of drug-likeness (QED) is 0.0488. The number of nitrogens with zero attached hydrogens (tertiary/aromatic N) is 6. The zero-order valence-corrected chi connectivity index (χ0v) is 29.6. The number of aromatic amines is 2. The van der Waals surface area contributed by atoms with Crippen LogP contribution in [0.15, 0.2) is 22.2 Å². The van der Waals surface area contributed by atoms with E-state index in [-0.39, 0.29) is 34.2 Å². The second kappa shape index (κ2) is 14.0. The molecule has 0 amide bonds. The summed E-state index contributed by atoms with van der Waals surface area (Å²) < 4.78 is 73.4. The Labute approximate surface area is 293 Å². The van der Waals surface area contributed by atoms with Crippen molar-refractivity contribution in [3.8, 4) is 0 Å². The molecule has 10 atom stereocenters. The number of H-pyrrole nitrogens is 2. The zero-order valence-electron chi connectivity index (χ0n) is 26.9. The number of aliphatic hydroxyl groups excluding tert-OH is 2. The van der Waals surface area contributed by atoms with Gasteiger partial charge in [0.2, 0.25) is 17.2 Å². The van der Waals surface area contributed by atoms with Crippen LogP contribution in [0.25, 0.3) is 22.3 Å². The number of nitrogens with two attached hydrogens (primary N) is 2. The van der Waals surface area contributed by atoms with Gasteiger partial charge in [0.05, 0.1) is 26.6 Å². The van der Waals surface area contributed by atoms with Crippen molar-refractivity contribution in [2.75, 3.05) is 38.4 Å². The zero-order chi connectivity index (χ0) is 38.8. The van der Waals surface area contributed by atoms with Gasteiger partial charge in [-0.15, -0.1) is 0 Å². The molecule has 28 nitrogen and oxygen atoms in total. The number of phosphoric ester groups is 2. The second-order valence-corrected chi connectivity index (χ2v) is 16.0. The van der Waals surface area contributed by atoms with Crippen LogP contribution in [0.4, 0.5) is 11.9 Å². The number of hydrogen-bond acceptors (Lipinski definition) is 23. The van der Waals surface area contributed by atoms with Gasteiger partial charge in [-0.25, -0.2) is 13.6 Å². The third-order valence-corrected chi connectivity index (χ3v) is 12.1. The normalized spacial score (nSPS) is 29.7. The van der Waals surface area contributed by atoms with Gasteiger partial charge in [0.25, 0.3) is 40.5 Å². The molecule has 4 aromatic heterocycles. The molecule has 2 saturated heterocycles. The first-order chi connectivity index (χ1) is 24.6. The van der Waals surface area contributed by atoms with Crippen molar-refractivity contribution in [3.05, 3.63) is 33.4 Å². The summed E-state index contributed by atoms with van der Waals surface area (Å²) in [5.41, 5.74) is 7.14. The van der Waals surface area contributed by atoms with Crippen LogP contribution < -0.4 is 41.8 Å². The summed E-state index contributed by atoms with van der Waals surface area (Å²) in [5.74, 6) is -0.613. The molecule has 2 aliphatic heterocycles. The Morgan fingerprint density at radius 1 is 1.00 bits per heavy atom. The molecule has 6 heterocycles. The van der Waals surface area contributed by atoms with Crippen LogP contribution in [0.1, 0.15) is 6.23 Å². The van der Waals surface area contributed by atoms with Crippen LogP contribution in [0.3, 0.4) is 0 Å². The minimum Gasteiger partial charge on any atom is -0.756 e. The van der Waals surface area contributed by atoms with Crippen molar-refractivity contribution in [2.24, 2.45) is 7.05 Å². The number of aliphatic hydroxyl groups is 3. The molecule has 2 aliphatic rings. The maximum atomic E-state index is 12.4. The molecular formula is C22H29N10O18P3-2. The van der Waals surface area contributed by atoms with Gasteiger partial charge in [0.15, 0.2) is 23.7 Å². The number of aryl methyl sites for hydroxylation is 1. The van der Waals surface area contributed by atoms with Gasteiger partial charge in [-0.05, 0) is 0 Å². The van der Waals surface area contributed by atoms with E-state index in [1.54, 1.807) is 0 Å². The van der Waals surface area contributed by atoms with Crippen molar-refractivity contribution in [3.63, 3.8) is 0 Å². The van der Waals surface area contributed by atoms with Crippen LogP contribution in [-0.2, 0) is 58.3 Å². The number of rotatable bonds is 13. The molecule has 0 radical (unpaired) electrons. The summed E-state index contributed by atoms with van der Waals surface area (Å²) in [5, 5.41) is 32.4. The highest BCUT2D eigenvalue weighted by molar-refractivity contribution is 7.65. The molecule has 0 aromatic carbocycles. The fraction of sp³-hybridized carbons (Fsp3) is 0.545. The number of nitrogen functional groups attached to an aromatic ring is 2. The van der Waals surface area contributed by atoms with Gasteiger partial charge in [-0.1, -0.05) is 4.98 Å². The number of nitrogens with one attached hydrogen (secondary N) is 2. The van der Waals surface area contributed by atoms with E-state index in [1.165, 1.54) is 17.9 Å². The molecule has 0 aliphatic carbocycles. The summed E-state index contributed by atoms with van der Waals surface area (Å²) in [7, 11) is -15.8. The first-order valence-corrected chi connectivity index (χ1v) is 19.1.